The van der Waals surface area contributed by atoms with Crippen molar-refractivity contribution in [3.8, 4) is 0 Å². The molecule has 0 spiro atoms. The Morgan fingerprint density at radius 3 is 2.42 bits per heavy atom. The number of hydrogen-bond acceptors (Lipinski definition) is 5. The van der Waals surface area contributed by atoms with Crippen LogP contribution in [0.15, 0.2) is 0 Å². The van der Waals surface area contributed by atoms with Crippen LogP contribution in [0.25, 0.3) is 9.53 Å². The molecule has 0 radical (unpaired) electrons. The number of aromatic nitrogens is 1. The standard InChI is InChI=1S/C9H5F3N2O3S2/c1-2-3-5(18-4(2)6(15)16)13-8(19-3)14-7(17)9(10,11)12/h1H3,(H,15,16)(H,13,14,17). The molecular formula is C9H5F3N2O3S2. The van der Waals surface area contributed by atoms with E-state index in [1.165, 1.54) is 6.92 Å². The number of halogens is 3. The van der Waals surface area contributed by atoms with Crippen LogP contribution in [-0.2, 0) is 4.79 Å². The van der Waals surface area contributed by atoms with E-state index < -0.39 is 18.1 Å². The Labute approximate surface area is 111 Å². The molecule has 102 valence electrons. The van der Waals surface area contributed by atoms with Crippen molar-refractivity contribution >= 4 is 49.2 Å². The lowest BCUT2D eigenvalue weighted by Gasteiger charge is -2.04. The molecule has 2 heterocycles. The Morgan fingerprint density at radius 1 is 1.32 bits per heavy atom. The molecule has 0 unspecified atom stereocenters. The molecule has 0 aliphatic heterocycles. The van der Waals surface area contributed by atoms with Crippen LogP contribution < -0.4 is 5.32 Å². The fourth-order valence-corrected chi connectivity index (χ4v) is 3.47. The Hall–Kier alpha value is -1.68. The lowest BCUT2D eigenvalue weighted by atomic mass is 10.3. The van der Waals surface area contributed by atoms with Crippen LogP contribution in [0, 0.1) is 6.92 Å². The van der Waals surface area contributed by atoms with Crippen molar-refractivity contribution in [2.75, 3.05) is 5.32 Å². The second-order valence-corrected chi connectivity index (χ2v) is 5.46. The summed E-state index contributed by atoms with van der Waals surface area (Å²) in [5.41, 5.74) is 0.428. The first-order chi connectivity index (χ1) is 8.70. The van der Waals surface area contributed by atoms with Gasteiger partial charge in [0, 0.05) is 0 Å². The number of carboxylic acid groups (broad SMARTS) is 1. The number of nitrogens with one attached hydrogen (secondary N) is 1. The van der Waals surface area contributed by atoms with Gasteiger partial charge in [-0.1, -0.05) is 11.3 Å². The fraction of sp³-hybridized carbons (Fsp3) is 0.222. The smallest absolute Gasteiger partial charge is 0.471 e. The van der Waals surface area contributed by atoms with E-state index in [1.807, 2.05) is 0 Å². The average molecular weight is 310 g/mol. The highest BCUT2D eigenvalue weighted by Gasteiger charge is 2.39. The Morgan fingerprint density at radius 2 is 1.95 bits per heavy atom. The third kappa shape index (κ3) is 2.54. The number of alkyl halides is 3. The maximum atomic E-state index is 12.1. The van der Waals surface area contributed by atoms with Crippen molar-refractivity contribution in [2.24, 2.45) is 0 Å². The largest absolute Gasteiger partial charge is 0.477 e. The van der Waals surface area contributed by atoms with Crippen LogP contribution >= 0.6 is 22.7 Å². The third-order valence-corrected chi connectivity index (χ3v) is 4.54. The van der Waals surface area contributed by atoms with Crippen molar-refractivity contribution in [2.45, 2.75) is 13.1 Å². The zero-order valence-corrected chi connectivity index (χ0v) is 10.8. The van der Waals surface area contributed by atoms with Crippen molar-refractivity contribution in [3.63, 3.8) is 0 Å². The highest BCUT2D eigenvalue weighted by molar-refractivity contribution is 7.30. The molecule has 0 fully saturated rings. The van der Waals surface area contributed by atoms with E-state index in [0.717, 1.165) is 22.7 Å². The molecule has 0 bridgehead atoms. The first-order valence-corrected chi connectivity index (χ1v) is 6.35. The summed E-state index contributed by atoms with van der Waals surface area (Å²) in [7, 11) is 0. The predicted octanol–water partition coefficient (Wildman–Crippen LogP) is 2.87. The number of carboxylic acids is 1. The molecule has 2 N–H and O–H groups in total. The molecule has 10 heteroatoms. The molecule has 19 heavy (non-hydrogen) atoms. The molecule has 0 aromatic carbocycles. The van der Waals surface area contributed by atoms with Gasteiger partial charge in [0.05, 0.1) is 4.70 Å². The van der Waals surface area contributed by atoms with Gasteiger partial charge in [0.15, 0.2) is 5.13 Å². The zero-order chi connectivity index (χ0) is 14.4. The fourth-order valence-electron chi connectivity index (χ4n) is 1.31. The predicted molar refractivity (Wildman–Crippen MR) is 63.9 cm³/mol. The normalized spacial score (nSPS) is 11.8. The lowest BCUT2D eigenvalue weighted by molar-refractivity contribution is -0.167. The number of rotatable bonds is 2. The van der Waals surface area contributed by atoms with Crippen molar-refractivity contribution < 1.29 is 27.9 Å². The number of fused-ring (bicyclic) bond motifs is 1. The summed E-state index contributed by atoms with van der Waals surface area (Å²) in [6, 6.07) is 0. The molecule has 5 nitrogen and oxygen atoms in total. The molecule has 1 amide bonds. The van der Waals surface area contributed by atoms with Crippen LogP contribution in [0.1, 0.15) is 15.2 Å². The summed E-state index contributed by atoms with van der Waals surface area (Å²) in [6.45, 7) is 1.54. The van der Waals surface area contributed by atoms with Crippen molar-refractivity contribution in [1.29, 1.82) is 0 Å². The monoisotopic (exact) mass is 310 g/mol. The highest BCUT2D eigenvalue weighted by Crippen LogP contribution is 2.37. The summed E-state index contributed by atoms with van der Waals surface area (Å²) in [4.78, 5) is 25.7. The van der Waals surface area contributed by atoms with Gasteiger partial charge in [-0.05, 0) is 12.5 Å². The number of thiazole rings is 1. The topological polar surface area (TPSA) is 79.3 Å². The van der Waals surface area contributed by atoms with Crippen LogP contribution in [0.3, 0.4) is 0 Å². The van der Waals surface area contributed by atoms with E-state index in [0.29, 0.717) is 10.3 Å². The van der Waals surface area contributed by atoms with Gasteiger partial charge in [-0.25, -0.2) is 9.78 Å². The number of amides is 1. The van der Waals surface area contributed by atoms with E-state index >= 15 is 0 Å². The van der Waals surface area contributed by atoms with E-state index in [4.69, 9.17) is 5.11 Å². The number of thiophene rings is 1. The summed E-state index contributed by atoms with van der Waals surface area (Å²) >= 11 is 1.67. The zero-order valence-electron chi connectivity index (χ0n) is 9.16. The second kappa shape index (κ2) is 4.46. The number of carbonyl (C=O) groups is 2. The van der Waals surface area contributed by atoms with E-state index in [-0.39, 0.29) is 14.8 Å². The molecule has 2 aromatic heterocycles. The second-order valence-electron chi connectivity index (χ2n) is 3.47. The lowest BCUT2D eigenvalue weighted by Crippen LogP contribution is -2.29. The van der Waals surface area contributed by atoms with E-state index in [2.05, 4.69) is 4.98 Å². The average Bonchev–Trinajstić information content (AvgIpc) is 2.77. The number of aromatic carboxylic acids is 1. The number of nitrogens with zero attached hydrogens (tertiary/aromatic N) is 1. The van der Waals surface area contributed by atoms with E-state index in [1.54, 1.807) is 5.32 Å². The summed E-state index contributed by atoms with van der Waals surface area (Å²) in [6.07, 6.45) is -4.99. The number of hydrogen-bond donors (Lipinski definition) is 2. The van der Waals surface area contributed by atoms with Crippen LogP contribution in [0.2, 0.25) is 0 Å². The van der Waals surface area contributed by atoms with Gasteiger partial charge in [0.2, 0.25) is 0 Å². The maximum Gasteiger partial charge on any atom is 0.471 e. The third-order valence-electron chi connectivity index (χ3n) is 2.15. The molecule has 2 rings (SSSR count). The quantitative estimate of drug-likeness (QED) is 0.894. The molecule has 0 atom stereocenters. The van der Waals surface area contributed by atoms with Gasteiger partial charge >= 0.3 is 18.1 Å². The number of aryl methyl sites for hydroxylation is 1. The van der Waals surface area contributed by atoms with Crippen molar-refractivity contribution in [3.05, 3.63) is 10.4 Å². The summed E-state index contributed by atoms with van der Waals surface area (Å²) < 4.78 is 36.6. The van der Waals surface area contributed by atoms with Crippen LogP contribution in [0.4, 0.5) is 18.3 Å². The van der Waals surface area contributed by atoms with Gasteiger partial charge in [0.1, 0.15) is 9.71 Å². The molecule has 2 aromatic rings. The summed E-state index contributed by atoms with van der Waals surface area (Å²) in [5.74, 6) is -3.22. The Kier molecular flexibility index (Phi) is 3.22. The van der Waals surface area contributed by atoms with Crippen LogP contribution in [0.5, 0.6) is 0 Å². The minimum absolute atomic E-state index is 0.0856. The van der Waals surface area contributed by atoms with Crippen LogP contribution in [-0.4, -0.2) is 28.1 Å². The molecule has 0 saturated heterocycles. The maximum absolute atomic E-state index is 12.1. The molecule has 0 aliphatic rings. The van der Waals surface area contributed by atoms with Gasteiger partial charge in [0.25, 0.3) is 0 Å². The molecule has 0 saturated carbocycles. The van der Waals surface area contributed by atoms with Gasteiger partial charge in [-0.15, -0.1) is 11.3 Å². The van der Waals surface area contributed by atoms with Gasteiger partial charge in [-0.2, -0.15) is 13.2 Å². The minimum Gasteiger partial charge on any atom is -0.477 e. The Bertz CT molecular complexity index is 674. The Balaban J connectivity index is 2.34. The van der Waals surface area contributed by atoms with Gasteiger partial charge in [-0.3, -0.25) is 10.1 Å². The summed E-state index contributed by atoms with van der Waals surface area (Å²) in [5, 5.41) is 10.3. The first kappa shape index (κ1) is 13.7. The number of carbonyl (C=O) groups excluding carboxylic acids is 1. The van der Waals surface area contributed by atoms with E-state index in [9.17, 15) is 22.8 Å². The van der Waals surface area contributed by atoms with Crippen molar-refractivity contribution in [1.82, 2.24) is 4.98 Å². The molecular weight excluding hydrogens is 305 g/mol. The SMILES string of the molecule is Cc1c(C(=O)O)sc2nc(NC(=O)C(F)(F)F)sc12. The van der Waals surface area contributed by atoms with Gasteiger partial charge < -0.3 is 5.11 Å². The minimum atomic E-state index is -4.99. The molecule has 0 aliphatic carbocycles. The first-order valence-electron chi connectivity index (χ1n) is 4.71. The highest BCUT2D eigenvalue weighted by atomic mass is 32.1. The number of anilines is 1.